The van der Waals surface area contributed by atoms with Crippen LogP contribution in [0.5, 0.6) is 5.75 Å². The van der Waals surface area contributed by atoms with Gasteiger partial charge >= 0.3 is 0 Å². The van der Waals surface area contributed by atoms with Crippen LogP contribution in [-0.4, -0.2) is 26.6 Å². The molecule has 0 amide bonds. The highest BCUT2D eigenvalue weighted by Crippen LogP contribution is 2.29. The number of nitrogens with one attached hydrogen (secondary N) is 1. The highest BCUT2D eigenvalue weighted by atomic mass is 35.5. The standard InChI is InChI=1S/C15H15ClN4O/c1-3-17-12-8-15(21)14(6-9(12)2)20-18-11-5-4-10(16)7-13(11)19-20/h4-8,17,21H,3H2,1-2H3. The minimum Gasteiger partial charge on any atom is -0.506 e. The highest BCUT2D eigenvalue weighted by molar-refractivity contribution is 6.31. The van der Waals surface area contributed by atoms with Crippen LogP contribution in [0.4, 0.5) is 5.69 Å². The van der Waals surface area contributed by atoms with E-state index < -0.39 is 0 Å². The largest absolute Gasteiger partial charge is 0.506 e. The molecule has 2 N–H and O–H groups in total. The molecule has 21 heavy (non-hydrogen) atoms. The Morgan fingerprint density at radius 1 is 1.19 bits per heavy atom. The first kappa shape index (κ1) is 13.7. The van der Waals surface area contributed by atoms with E-state index in [1.807, 2.05) is 19.9 Å². The molecule has 0 radical (unpaired) electrons. The molecule has 0 fully saturated rings. The molecular formula is C15H15ClN4O. The zero-order valence-corrected chi connectivity index (χ0v) is 12.5. The van der Waals surface area contributed by atoms with Gasteiger partial charge in [-0.15, -0.1) is 15.0 Å². The second kappa shape index (κ2) is 5.26. The molecule has 6 heteroatoms. The number of anilines is 1. The van der Waals surface area contributed by atoms with Gasteiger partial charge in [0.25, 0.3) is 0 Å². The molecular weight excluding hydrogens is 288 g/mol. The third kappa shape index (κ3) is 2.52. The van der Waals surface area contributed by atoms with Crippen LogP contribution in [0.15, 0.2) is 30.3 Å². The normalized spacial score (nSPS) is 11.0. The number of hydrogen-bond donors (Lipinski definition) is 2. The Morgan fingerprint density at radius 3 is 2.71 bits per heavy atom. The summed E-state index contributed by atoms with van der Waals surface area (Å²) in [5.41, 5.74) is 3.88. The van der Waals surface area contributed by atoms with Crippen molar-refractivity contribution in [3.8, 4) is 11.4 Å². The van der Waals surface area contributed by atoms with Crippen molar-refractivity contribution in [1.29, 1.82) is 0 Å². The van der Waals surface area contributed by atoms with E-state index in [1.54, 1.807) is 24.3 Å². The van der Waals surface area contributed by atoms with Crippen molar-refractivity contribution < 1.29 is 5.11 Å². The van der Waals surface area contributed by atoms with Gasteiger partial charge in [-0.1, -0.05) is 11.6 Å². The van der Waals surface area contributed by atoms with Crippen LogP contribution in [-0.2, 0) is 0 Å². The first-order chi connectivity index (χ1) is 10.1. The van der Waals surface area contributed by atoms with E-state index in [4.69, 9.17) is 11.6 Å². The van der Waals surface area contributed by atoms with Crippen molar-refractivity contribution in [3.05, 3.63) is 40.9 Å². The maximum absolute atomic E-state index is 10.2. The summed E-state index contributed by atoms with van der Waals surface area (Å²) in [7, 11) is 0. The van der Waals surface area contributed by atoms with Gasteiger partial charge in [-0.2, -0.15) is 0 Å². The smallest absolute Gasteiger partial charge is 0.145 e. The fourth-order valence-electron chi connectivity index (χ4n) is 2.22. The van der Waals surface area contributed by atoms with Crippen molar-refractivity contribution in [2.75, 3.05) is 11.9 Å². The lowest BCUT2D eigenvalue weighted by Gasteiger charge is -2.11. The van der Waals surface area contributed by atoms with Crippen molar-refractivity contribution in [1.82, 2.24) is 15.0 Å². The lowest BCUT2D eigenvalue weighted by Crippen LogP contribution is -2.03. The molecule has 0 unspecified atom stereocenters. The second-order valence-corrected chi connectivity index (χ2v) is 5.25. The molecule has 0 aliphatic carbocycles. The van der Waals surface area contributed by atoms with Gasteiger partial charge in [0, 0.05) is 23.3 Å². The number of benzene rings is 2. The van der Waals surface area contributed by atoms with Crippen molar-refractivity contribution in [2.45, 2.75) is 13.8 Å². The average molecular weight is 303 g/mol. The SMILES string of the molecule is CCNc1cc(O)c(-n2nc3ccc(Cl)cc3n2)cc1C. The number of rotatable bonds is 3. The van der Waals surface area contributed by atoms with E-state index in [0.717, 1.165) is 23.3 Å². The van der Waals surface area contributed by atoms with Gasteiger partial charge in [0.15, 0.2) is 0 Å². The van der Waals surface area contributed by atoms with Crippen LogP contribution in [0.25, 0.3) is 16.7 Å². The topological polar surface area (TPSA) is 63.0 Å². The Kier molecular flexibility index (Phi) is 3.43. The summed E-state index contributed by atoms with van der Waals surface area (Å²) in [5, 5.41) is 22.7. The number of aryl methyl sites for hydroxylation is 1. The summed E-state index contributed by atoms with van der Waals surface area (Å²) in [6, 6.07) is 8.86. The number of aromatic hydroxyl groups is 1. The van der Waals surface area contributed by atoms with E-state index in [2.05, 4.69) is 15.5 Å². The van der Waals surface area contributed by atoms with Crippen LogP contribution in [0, 0.1) is 6.92 Å². The molecule has 108 valence electrons. The molecule has 1 heterocycles. The Labute approximate surface area is 127 Å². The summed E-state index contributed by atoms with van der Waals surface area (Å²) >= 11 is 5.95. The molecule has 5 nitrogen and oxygen atoms in total. The summed E-state index contributed by atoms with van der Waals surface area (Å²) in [5.74, 6) is 0.128. The molecule has 0 spiro atoms. The molecule has 0 atom stereocenters. The van der Waals surface area contributed by atoms with Gasteiger partial charge in [-0.25, -0.2) is 0 Å². The molecule has 1 aromatic heterocycles. The van der Waals surface area contributed by atoms with Crippen molar-refractivity contribution in [3.63, 3.8) is 0 Å². The zero-order chi connectivity index (χ0) is 15.0. The highest BCUT2D eigenvalue weighted by Gasteiger charge is 2.11. The predicted molar refractivity (Wildman–Crippen MR) is 84.4 cm³/mol. The number of hydrogen-bond acceptors (Lipinski definition) is 4. The Bertz CT molecular complexity index is 813. The molecule has 0 aliphatic heterocycles. The van der Waals surface area contributed by atoms with E-state index in [-0.39, 0.29) is 5.75 Å². The Balaban J connectivity index is 2.11. The van der Waals surface area contributed by atoms with Gasteiger partial charge in [0.05, 0.1) is 0 Å². The van der Waals surface area contributed by atoms with Crippen molar-refractivity contribution in [2.24, 2.45) is 0 Å². The molecule has 0 saturated heterocycles. The van der Waals surface area contributed by atoms with Gasteiger partial charge in [0.1, 0.15) is 22.5 Å². The minimum absolute atomic E-state index is 0.128. The lowest BCUT2D eigenvalue weighted by atomic mass is 10.1. The fourth-order valence-corrected chi connectivity index (χ4v) is 2.38. The summed E-state index contributed by atoms with van der Waals surface area (Å²) in [6.45, 7) is 4.78. The molecule has 0 saturated carbocycles. The average Bonchev–Trinajstić information content (AvgIpc) is 2.85. The van der Waals surface area contributed by atoms with E-state index in [1.165, 1.54) is 4.80 Å². The van der Waals surface area contributed by atoms with Crippen molar-refractivity contribution >= 4 is 28.3 Å². The molecule has 3 aromatic rings. The van der Waals surface area contributed by atoms with Gasteiger partial charge in [-0.05, 0) is 43.7 Å². The number of phenolic OH excluding ortho intramolecular Hbond substituents is 1. The van der Waals surface area contributed by atoms with E-state index >= 15 is 0 Å². The predicted octanol–water partition coefficient (Wildman–Crippen LogP) is 3.52. The number of aromatic nitrogens is 3. The number of nitrogens with zero attached hydrogens (tertiary/aromatic N) is 3. The second-order valence-electron chi connectivity index (χ2n) is 4.81. The maximum atomic E-state index is 10.2. The van der Waals surface area contributed by atoms with Crippen LogP contribution < -0.4 is 5.32 Å². The van der Waals surface area contributed by atoms with Gasteiger partial charge < -0.3 is 10.4 Å². The third-order valence-corrected chi connectivity index (χ3v) is 3.48. The first-order valence-electron chi connectivity index (χ1n) is 6.69. The van der Waals surface area contributed by atoms with E-state index in [9.17, 15) is 5.11 Å². The number of phenols is 1. The van der Waals surface area contributed by atoms with Gasteiger partial charge in [0.2, 0.25) is 0 Å². The minimum atomic E-state index is 0.128. The molecule has 3 rings (SSSR count). The molecule has 2 aromatic carbocycles. The number of halogens is 1. The summed E-state index contributed by atoms with van der Waals surface area (Å²) < 4.78 is 0. The first-order valence-corrected chi connectivity index (χ1v) is 7.06. The fraction of sp³-hybridized carbons (Fsp3) is 0.200. The summed E-state index contributed by atoms with van der Waals surface area (Å²) in [4.78, 5) is 1.43. The number of fused-ring (bicyclic) bond motifs is 1. The zero-order valence-electron chi connectivity index (χ0n) is 11.8. The van der Waals surface area contributed by atoms with Crippen LogP contribution >= 0.6 is 11.6 Å². The van der Waals surface area contributed by atoms with Crippen LogP contribution in [0.3, 0.4) is 0 Å². The third-order valence-electron chi connectivity index (χ3n) is 3.25. The Morgan fingerprint density at radius 2 is 1.95 bits per heavy atom. The molecule has 0 bridgehead atoms. The van der Waals surface area contributed by atoms with Crippen LogP contribution in [0.1, 0.15) is 12.5 Å². The maximum Gasteiger partial charge on any atom is 0.145 e. The lowest BCUT2D eigenvalue weighted by molar-refractivity contribution is 0.468. The Hall–Kier alpha value is -2.27. The monoisotopic (exact) mass is 302 g/mol. The van der Waals surface area contributed by atoms with Crippen LogP contribution in [0.2, 0.25) is 5.02 Å². The summed E-state index contributed by atoms with van der Waals surface area (Å²) in [6.07, 6.45) is 0. The van der Waals surface area contributed by atoms with Gasteiger partial charge in [-0.3, -0.25) is 0 Å². The van der Waals surface area contributed by atoms with E-state index in [0.29, 0.717) is 16.2 Å². The quantitative estimate of drug-likeness (QED) is 0.777. The molecule has 0 aliphatic rings.